The average Bonchev–Trinajstić information content (AvgIpc) is 2.40. The van der Waals surface area contributed by atoms with Crippen molar-refractivity contribution in [3.8, 4) is 5.75 Å². The van der Waals surface area contributed by atoms with Gasteiger partial charge in [-0.3, -0.25) is 0 Å². The highest BCUT2D eigenvalue weighted by Crippen LogP contribution is 2.29. The summed E-state index contributed by atoms with van der Waals surface area (Å²) in [5.74, 6) is -1.30. The number of aliphatic hydroxyl groups is 1. The number of aliphatic hydroxyl groups excluding tert-OH is 1. The van der Waals surface area contributed by atoms with E-state index in [1.165, 1.54) is 6.07 Å². The molecule has 0 saturated heterocycles. The summed E-state index contributed by atoms with van der Waals surface area (Å²) in [5.41, 5.74) is 1.15. The molecule has 0 saturated carbocycles. The third-order valence-corrected chi connectivity index (χ3v) is 3.30. The summed E-state index contributed by atoms with van der Waals surface area (Å²) in [6, 6.07) is 8.88. The summed E-state index contributed by atoms with van der Waals surface area (Å²) in [5, 5.41) is 9.67. The molecule has 0 spiro atoms. The lowest BCUT2D eigenvalue weighted by Crippen LogP contribution is -2.01. The largest absolute Gasteiger partial charge is 0.488 e. The third-order valence-electron chi connectivity index (χ3n) is 2.80. The molecule has 0 aliphatic carbocycles. The Morgan fingerprint density at radius 3 is 2.55 bits per heavy atom. The normalized spacial score (nSPS) is 12.2. The number of rotatable bonds is 4. The molecule has 0 fully saturated rings. The van der Waals surface area contributed by atoms with Crippen LogP contribution in [0.1, 0.15) is 24.2 Å². The zero-order valence-electron chi connectivity index (χ0n) is 10.7. The fourth-order valence-corrected chi connectivity index (χ4v) is 2.11. The van der Waals surface area contributed by atoms with Crippen LogP contribution in [0.25, 0.3) is 0 Å². The zero-order valence-corrected chi connectivity index (χ0v) is 12.3. The molecule has 0 aromatic heterocycles. The van der Waals surface area contributed by atoms with Crippen LogP contribution in [0.3, 0.4) is 0 Å². The molecule has 0 radical (unpaired) electrons. The van der Waals surface area contributed by atoms with E-state index in [9.17, 15) is 13.9 Å². The number of ether oxygens (including phenoxy) is 1. The molecule has 0 unspecified atom stereocenters. The second-order valence-corrected chi connectivity index (χ2v) is 5.31. The van der Waals surface area contributed by atoms with Crippen molar-refractivity contribution in [3.63, 3.8) is 0 Å². The summed E-state index contributed by atoms with van der Waals surface area (Å²) in [6.07, 6.45) is -0.678. The predicted molar refractivity (Wildman–Crippen MR) is 75.5 cm³/mol. The summed E-state index contributed by atoms with van der Waals surface area (Å²) in [4.78, 5) is 0. The third kappa shape index (κ3) is 3.55. The van der Waals surface area contributed by atoms with Gasteiger partial charge in [-0.15, -0.1) is 0 Å². The Kier molecular flexibility index (Phi) is 4.73. The maximum atomic E-state index is 13.1. The first kappa shape index (κ1) is 14.9. The predicted octanol–water partition coefficient (Wildman–Crippen LogP) is 4.36. The number of hydrogen-bond donors (Lipinski definition) is 1. The summed E-state index contributed by atoms with van der Waals surface area (Å²) in [6.45, 7) is 1.72. The minimum Gasteiger partial charge on any atom is -0.488 e. The van der Waals surface area contributed by atoms with E-state index in [1.54, 1.807) is 25.1 Å². The first-order valence-electron chi connectivity index (χ1n) is 6.01. The molecule has 2 aromatic carbocycles. The van der Waals surface area contributed by atoms with E-state index in [2.05, 4.69) is 15.9 Å². The Bertz CT molecular complexity index is 615. The van der Waals surface area contributed by atoms with Gasteiger partial charge in [0.15, 0.2) is 11.6 Å². The minimum absolute atomic E-state index is 0.0906. The van der Waals surface area contributed by atoms with Crippen LogP contribution in [0, 0.1) is 11.6 Å². The number of hydrogen-bond acceptors (Lipinski definition) is 2. The maximum absolute atomic E-state index is 13.1. The molecule has 106 valence electrons. The maximum Gasteiger partial charge on any atom is 0.159 e. The Hall–Kier alpha value is -1.46. The Labute approximate surface area is 124 Å². The molecule has 2 rings (SSSR count). The van der Waals surface area contributed by atoms with Crippen molar-refractivity contribution in [1.29, 1.82) is 0 Å². The summed E-state index contributed by atoms with van der Waals surface area (Å²) in [7, 11) is 0. The van der Waals surface area contributed by atoms with Crippen LogP contribution in [-0.2, 0) is 6.61 Å². The van der Waals surface area contributed by atoms with Gasteiger partial charge in [-0.25, -0.2) is 8.78 Å². The Morgan fingerprint density at radius 1 is 1.15 bits per heavy atom. The van der Waals surface area contributed by atoms with E-state index >= 15 is 0 Å². The van der Waals surface area contributed by atoms with E-state index in [1.807, 2.05) is 0 Å². The van der Waals surface area contributed by atoms with Crippen LogP contribution in [0.5, 0.6) is 5.75 Å². The second kappa shape index (κ2) is 6.33. The lowest BCUT2D eigenvalue weighted by Gasteiger charge is -2.14. The smallest absolute Gasteiger partial charge is 0.159 e. The van der Waals surface area contributed by atoms with Gasteiger partial charge >= 0.3 is 0 Å². The van der Waals surface area contributed by atoms with Gasteiger partial charge in [0, 0.05) is 10.0 Å². The van der Waals surface area contributed by atoms with Crippen LogP contribution in [0.2, 0.25) is 0 Å². The van der Waals surface area contributed by atoms with Crippen LogP contribution in [0.15, 0.2) is 40.9 Å². The van der Waals surface area contributed by atoms with Crippen LogP contribution in [0.4, 0.5) is 8.78 Å². The standard InChI is InChI=1S/C15H13BrF2O2/c1-9(19)12-4-3-11(16)7-15(12)20-8-10-2-5-13(17)14(18)6-10/h2-7,9,19H,8H2,1H3/t9-/m1/s1. The van der Waals surface area contributed by atoms with Gasteiger partial charge in [0.25, 0.3) is 0 Å². The molecule has 20 heavy (non-hydrogen) atoms. The molecule has 5 heteroatoms. The Morgan fingerprint density at radius 2 is 1.90 bits per heavy atom. The zero-order chi connectivity index (χ0) is 14.7. The van der Waals surface area contributed by atoms with Crippen molar-refractivity contribution >= 4 is 15.9 Å². The van der Waals surface area contributed by atoms with Crippen molar-refractivity contribution in [1.82, 2.24) is 0 Å². The fourth-order valence-electron chi connectivity index (χ4n) is 1.77. The highest BCUT2D eigenvalue weighted by Gasteiger charge is 2.10. The van der Waals surface area contributed by atoms with Crippen molar-refractivity contribution in [2.75, 3.05) is 0 Å². The topological polar surface area (TPSA) is 29.5 Å². The van der Waals surface area contributed by atoms with Crippen LogP contribution < -0.4 is 4.74 Å². The Balaban J connectivity index is 2.17. The molecule has 0 aliphatic rings. The molecule has 0 bridgehead atoms. The van der Waals surface area contributed by atoms with E-state index < -0.39 is 17.7 Å². The molecule has 0 aliphatic heterocycles. The lowest BCUT2D eigenvalue weighted by molar-refractivity contribution is 0.190. The van der Waals surface area contributed by atoms with Gasteiger partial charge in [-0.05, 0) is 36.8 Å². The van der Waals surface area contributed by atoms with Crippen molar-refractivity contribution in [3.05, 3.63) is 63.6 Å². The summed E-state index contributed by atoms with van der Waals surface area (Å²) < 4.78 is 32.3. The van der Waals surface area contributed by atoms with Crippen LogP contribution in [-0.4, -0.2) is 5.11 Å². The van der Waals surface area contributed by atoms with Crippen molar-refractivity contribution in [2.24, 2.45) is 0 Å². The SMILES string of the molecule is C[C@@H](O)c1ccc(Br)cc1OCc1ccc(F)c(F)c1. The van der Waals surface area contributed by atoms with Crippen molar-refractivity contribution in [2.45, 2.75) is 19.6 Å². The van der Waals surface area contributed by atoms with Gasteiger partial charge in [0.05, 0.1) is 6.10 Å². The molecule has 0 amide bonds. The van der Waals surface area contributed by atoms with E-state index in [4.69, 9.17) is 4.74 Å². The van der Waals surface area contributed by atoms with Gasteiger partial charge in [0.2, 0.25) is 0 Å². The van der Waals surface area contributed by atoms with Gasteiger partial charge in [-0.2, -0.15) is 0 Å². The number of halogens is 3. The molecule has 0 heterocycles. The molecule has 2 nitrogen and oxygen atoms in total. The van der Waals surface area contributed by atoms with Gasteiger partial charge in [-0.1, -0.05) is 28.1 Å². The monoisotopic (exact) mass is 342 g/mol. The minimum atomic E-state index is -0.906. The number of benzene rings is 2. The highest BCUT2D eigenvalue weighted by molar-refractivity contribution is 9.10. The molecule has 2 aromatic rings. The van der Waals surface area contributed by atoms with Crippen LogP contribution >= 0.6 is 15.9 Å². The molecular formula is C15H13BrF2O2. The highest BCUT2D eigenvalue weighted by atomic mass is 79.9. The molecular weight excluding hydrogens is 330 g/mol. The quantitative estimate of drug-likeness (QED) is 0.894. The second-order valence-electron chi connectivity index (χ2n) is 4.40. The fraction of sp³-hybridized carbons (Fsp3) is 0.200. The van der Waals surface area contributed by atoms with Gasteiger partial charge in [0.1, 0.15) is 12.4 Å². The summed E-state index contributed by atoms with van der Waals surface area (Å²) >= 11 is 3.32. The first-order chi connectivity index (χ1) is 9.47. The van der Waals surface area contributed by atoms with E-state index in [0.29, 0.717) is 16.9 Å². The van der Waals surface area contributed by atoms with Crippen molar-refractivity contribution < 1.29 is 18.6 Å². The molecule has 1 N–H and O–H groups in total. The van der Waals surface area contributed by atoms with Gasteiger partial charge < -0.3 is 9.84 Å². The van der Waals surface area contributed by atoms with E-state index in [0.717, 1.165) is 16.6 Å². The van der Waals surface area contributed by atoms with E-state index in [-0.39, 0.29) is 6.61 Å². The molecule has 1 atom stereocenters. The first-order valence-corrected chi connectivity index (χ1v) is 6.81. The average molecular weight is 343 g/mol. The lowest BCUT2D eigenvalue weighted by atomic mass is 10.1.